The highest BCUT2D eigenvalue weighted by molar-refractivity contribution is 5.85. The van der Waals surface area contributed by atoms with Gasteiger partial charge in [0.2, 0.25) is 5.95 Å². The van der Waals surface area contributed by atoms with Crippen molar-refractivity contribution < 1.29 is 9.53 Å². The van der Waals surface area contributed by atoms with Crippen LogP contribution in [0.4, 0.5) is 10.7 Å². The lowest BCUT2D eigenvalue weighted by Crippen LogP contribution is -2.32. The zero-order valence-electron chi connectivity index (χ0n) is 21.6. The number of benzene rings is 3. The number of carbonyl (C=O) groups excluding carboxylic acids is 1. The summed E-state index contributed by atoms with van der Waals surface area (Å²) in [6, 6.07) is 23.0. The molecule has 0 bridgehead atoms. The number of carbonyl (C=O) groups is 1. The molecule has 0 saturated heterocycles. The molecule has 1 amide bonds. The molecule has 1 heterocycles. The van der Waals surface area contributed by atoms with Crippen molar-refractivity contribution in [1.82, 2.24) is 15.3 Å². The van der Waals surface area contributed by atoms with Gasteiger partial charge in [0.1, 0.15) is 5.60 Å². The van der Waals surface area contributed by atoms with Crippen LogP contribution in [0.15, 0.2) is 72.9 Å². The van der Waals surface area contributed by atoms with Crippen LogP contribution in [-0.4, -0.2) is 27.7 Å². The fourth-order valence-corrected chi connectivity index (χ4v) is 4.15. The van der Waals surface area contributed by atoms with E-state index in [4.69, 9.17) is 9.72 Å². The van der Waals surface area contributed by atoms with Crippen LogP contribution >= 0.6 is 0 Å². The van der Waals surface area contributed by atoms with Crippen LogP contribution in [0.5, 0.6) is 0 Å². The van der Waals surface area contributed by atoms with Crippen molar-refractivity contribution in [2.45, 2.75) is 59.2 Å². The SMILES string of the molecule is Cc1ccccc1-c1ccc2nc(NC(C)Cc3cccc(CNC(=O)OC(C)(C)C)c3)ncc2c1. The molecule has 6 nitrogen and oxygen atoms in total. The molecule has 1 atom stereocenters. The highest BCUT2D eigenvalue weighted by Crippen LogP contribution is 2.26. The number of hydrogen-bond donors (Lipinski definition) is 2. The molecule has 4 rings (SSSR count). The smallest absolute Gasteiger partial charge is 0.407 e. The number of alkyl carbamates (subject to hydrolysis) is 1. The third-order valence-corrected chi connectivity index (χ3v) is 5.78. The minimum atomic E-state index is -0.513. The molecule has 1 aromatic heterocycles. The average Bonchev–Trinajstić information content (AvgIpc) is 2.82. The monoisotopic (exact) mass is 482 g/mol. The molecule has 4 aromatic rings. The summed E-state index contributed by atoms with van der Waals surface area (Å²) in [4.78, 5) is 21.2. The summed E-state index contributed by atoms with van der Waals surface area (Å²) in [7, 11) is 0. The summed E-state index contributed by atoms with van der Waals surface area (Å²) < 4.78 is 5.31. The molecular formula is C30H34N4O2. The van der Waals surface area contributed by atoms with Gasteiger partial charge < -0.3 is 15.4 Å². The van der Waals surface area contributed by atoms with Crippen molar-refractivity contribution in [3.8, 4) is 11.1 Å². The third-order valence-electron chi connectivity index (χ3n) is 5.78. The number of nitrogens with one attached hydrogen (secondary N) is 2. The summed E-state index contributed by atoms with van der Waals surface area (Å²) in [5, 5.41) is 7.25. The molecule has 186 valence electrons. The molecule has 6 heteroatoms. The molecule has 0 spiro atoms. The third kappa shape index (κ3) is 6.81. The molecule has 1 unspecified atom stereocenters. The van der Waals surface area contributed by atoms with Gasteiger partial charge in [0.15, 0.2) is 0 Å². The minimum absolute atomic E-state index is 0.128. The summed E-state index contributed by atoms with van der Waals surface area (Å²) in [5.41, 5.74) is 6.22. The Morgan fingerprint density at radius 3 is 2.56 bits per heavy atom. The quantitative estimate of drug-likeness (QED) is 0.307. The van der Waals surface area contributed by atoms with Crippen molar-refractivity contribution in [3.63, 3.8) is 0 Å². The summed E-state index contributed by atoms with van der Waals surface area (Å²) in [5.74, 6) is 0.612. The second-order valence-corrected chi connectivity index (χ2v) is 10.2. The van der Waals surface area contributed by atoms with Gasteiger partial charge in [0.05, 0.1) is 5.52 Å². The van der Waals surface area contributed by atoms with Gasteiger partial charge in [-0.1, -0.05) is 54.6 Å². The number of amides is 1. The topological polar surface area (TPSA) is 76.1 Å². The lowest BCUT2D eigenvalue weighted by molar-refractivity contribution is 0.0523. The second kappa shape index (κ2) is 10.8. The number of aryl methyl sites for hydroxylation is 1. The van der Waals surface area contributed by atoms with Gasteiger partial charge in [-0.15, -0.1) is 0 Å². The Labute approximate surface area is 213 Å². The number of aromatic nitrogens is 2. The number of anilines is 1. The minimum Gasteiger partial charge on any atom is -0.444 e. The van der Waals surface area contributed by atoms with Gasteiger partial charge in [0, 0.05) is 24.2 Å². The highest BCUT2D eigenvalue weighted by Gasteiger charge is 2.16. The second-order valence-electron chi connectivity index (χ2n) is 10.2. The molecule has 0 aliphatic carbocycles. The van der Waals surface area contributed by atoms with E-state index in [9.17, 15) is 4.79 Å². The Morgan fingerprint density at radius 2 is 1.78 bits per heavy atom. The van der Waals surface area contributed by atoms with Gasteiger partial charge in [-0.3, -0.25) is 0 Å². The van der Waals surface area contributed by atoms with Crippen LogP contribution < -0.4 is 10.6 Å². The Morgan fingerprint density at radius 1 is 1.00 bits per heavy atom. The first kappa shape index (κ1) is 25.2. The maximum absolute atomic E-state index is 11.9. The van der Waals surface area contributed by atoms with Gasteiger partial charge in [-0.2, -0.15) is 0 Å². The van der Waals surface area contributed by atoms with E-state index in [1.54, 1.807) is 0 Å². The van der Waals surface area contributed by atoms with Gasteiger partial charge in [0.25, 0.3) is 0 Å². The van der Waals surface area contributed by atoms with Gasteiger partial charge in [-0.25, -0.2) is 14.8 Å². The van der Waals surface area contributed by atoms with Crippen LogP contribution in [0.25, 0.3) is 22.0 Å². The lowest BCUT2D eigenvalue weighted by Gasteiger charge is -2.20. The predicted molar refractivity (Wildman–Crippen MR) is 146 cm³/mol. The van der Waals surface area contributed by atoms with E-state index in [2.05, 4.69) is 84.1 Å². The van der Waals surface area contributed by atoms with Crippen LogP contribution in [0.2, 0.25) is 0 Å². The highest BCUT2D eigenvalue weighted by atomic mass is 16.6. The van der Waals surface area contributed by atoms with E-state index in [1.807, 2.05) is 39.1 Å². The number of ether oxygens (including phenoxy) is 1. The summed E-state index contributed by atoms with van der Waals surface area (Å²) in [6.45, 7) is 10.2. The van der Waals surface area contributed by atoms with Crippen molar-refractivity contribution >= 4 is 22.9 Å². The van der Waals surface area contributed by atoms with Gasteiger partial charge in [-0.05, 0) is 81.0 Å². The number of fused-ring (bicyclic) bond motifs is 1. The van der Waals surface area contributed by atoms with Crippen molar-refractivity contribution in [3.05, 3.63) is 89.6 Å². The Hall–Kier alpha value is -3.93. The standard InChI is InChI=1S/C30H34N4O2/c1-20-9-6-7-12-26(20)24-13-14-27-25(17-24)19-31-28(34-27)33-21(2)15-22-10-8-11-23(16-22)18-32-29(35)36-30(3,4)5/h6-14,16-17,19,21H,15,18H2,1-5H3,(H,32,35)(H,31,33,34). The van der Waals surface area contributed by atoms with E-state index < -0.39 is 11.7 Å². The van der Waals surface area contributed by atoms with Crippen LogP contribution in [0, 0.1) is 6.92 Å². The molecule has 0 aliphatic rings. The average molecular weight is 483 g/mol. The van der Waals surface area contributed by atoms with Crippen molar-refractivity contribution in [1.29, 1.82) is 0 Å². The van der Waals surface area contributed by atoms with Gasteiger partial charge >= 0.3 is 6.09 Å². The Bertz CT molecular complexity index is 1360. The first-order valence-corrected chi connectivity index (χ1v) is 12.3. The predicted octanol–water partition coefficient (Wildman–Crippen LogP) is 6.67. The first-order valence-electron chi connectivity index (χ1n) is 12.3. The summed E-state index contributed by atoms with van der Waals surface area (Å²) >= 11 is 0. The first-order chi connectivity index (χ1) is 17.2. The van der Waals surface area contributed by atoms with E-state index in [-0.39, 0.29) is 6.04 Å². The number of hydrogen-bond acceptors (Lipinski definition) is 5. The van der Waals surface area contributed by atoms with E-state index in [0.717, 1.165) is 22.9 Å². The van der Waals surface area contributed by atoms with Crippen molar-refractivity contribution in [2.24, 2.45) is 0 Å². The summed E-state index contributed by atoms with van der Waals surface area (Å²) in [6.07, 6.45) is 2.26. The fraction of sp³-hybridized carbons (Fsp3) is 0.300. The molecule has 3 aromatic carbocycles. The Balaban J connectivity index is 1.38. The van der Waals surface area contributed by atoms with E-state index >= 15 is 0 Å². The molecular weight excluding hydrogens is 448 g/mol. The maximum Gasteiger partial charge on any atom is 0.407 e. The van der Waals surface area contributed by atoms with Crippen LogP contribution in [0.3, 0.4) is 0 Å². The zero-order chi connectivity index (χ0) is 25.7. The molecule has 0 radical (unpaired) electrons. The molecule has 36 heavy (non-hydrogen) atoms. The van der Waals surface area contributed by atoms with Crippen LogP contribution in [-0.2, 0) is 17.7 Å². The fourth-order valence-electron chi connectivity index (χ4n) is 4.15. The molecule has 0 aliphatic heterocycles. The largest absolute Gasteiger partial charge is 0.444 e. The number of rotatable bonds is 7. The van der Waals surface area contributed by atoms with Crippen molar-refractivity contribution in [2.75, 3.05) is 5.32 Å². The van der Waals surface area contributed by atoms with Crippen LogP contribution in [0.1, 0.15) is 44.4 Å². The van der Waals surface area contributed by atoms with E-state index in [1.165, 1.54) is 22.3 Å². The normalized spacial score (nSPS) is 12.2. The zero-order valence-corrected chi connectivity index (χ0v) is 21.6. The van der Waals surface area contributed by atoms with E-state index in [0.29, 0.717) is 12.5 Å². The molecule has 0 fully saturated rings. The maximum atomic E-state index is 11.9. The Kier molecular flexibility index (Phi) is 7.53. The molecule has 2 N–H and O–H groups in total. The number of nitrogens with zero attached hydrogens (tertiary/aromatic N) is 2. The molecule has 0 saturated carbocycles. The lowest BCUT2D eigenvalue weighted by atomic mass is 9.99.